The Labute approximate surface area is 296 Å². The second-order valence-corrected chi connectivity index (χ2v) is 20.5. The summed E-state index contributed by atoms with van der Waals surface area (Å²) in [6.07, 6.45) is 5.44. The molecule has 3 saturated carbocycles. The summed E-state index contributed by atoms with van der Waals surface area (Å²) in [5.74, 6) is -3.95. The van der Waals surface area contributed by atoms with Crippen molar-refractivity contribution in [3.8, 4) is 0 Å². The molecule has 3 aliphatic carbocycles. The molecule has 4 aliphatic rings. The molecular formula is C36H58FN5O7S. The van der Waals surface area contributed by atoms with E-state index >= 15 is 0 Å². The zero-order valence-electron chi connectivity index (χ0n) is 31.0. The van der Waals surface area contributed by atoms with Crippen LogP contribution in [0.25, 0.3) is 0 Å². The Morgan fingerprint density at radius 3 is 2.08 bits per heavy atom. The van der Waals surface area contributed by atoms with Gasteiger partial charge in [0.15, 0.2) is 9.84 Å². The van der Waals surface area contributed by atoms with Crippen molar-refractivity contribution in [3.63, 3.8) is 0 Å². The van der Waals surface area contributed by atoms with Crippen molar-refractivity contribution in [2.24, 2.45) is 28.6 Å². The third kappa shape index (κ3) is 8.88. The fourth-order valence-electron chi connectivity index (χ4n) is 7.75. The van der Waals surface area contributed by atoms with Gasteiger partial charge in [-0.05, 0) is 68.6 Å². The molecule has 4 fully saturated rings. The van der Waals surface area contributed by atoms with E-state index in [1.807, 2.05) is 13.8 Å². The standard InChI is InChI=1S/C36H58FN5O7S/c1-21(37)18-38-30(45)27(43)24(17-22-13-14-22)39-29(44)26-25-23(35(25,8)9)19-42(26)31(46)28(33(2,3)4)40-32(47)41-36(15-11-10-12-16-36)20-50(48,49)34(5,6)7/h22-26,28H,1,10-20H2,2-9H3,(H,38,45)(H,39,44)(H2,40,41,47)/t23-,24?,25-,26-,28+/m0/s1. The van der Waals surface area contributed by atoms with Crippen LogP contribution in [-0.2, 0) is 29.0 Å². The van der Waals surface area contributed by atoms with Crippen molar-refractivity contribution in [3.05, 3.63) is 12.4 Å². The van der Waals surface area contributed by atoms with E-state index < -0.39 is 85.6 Å². The molecule has 5 atom stereocenters. The highest BCUT2D eigenvalue weighted by atomic mass is 32.2. The molecule has 4 rings (SSSR count). The van der Waals surface area contributed by atoms with Crippen molar-refractivity contribution in [1.82, 2.24) is 26.2 Å². The number of urea groups is 1. The molecule has 0 bridgehead atoms. The second kappa shape index (κ2) is 14.2. The van der Waals surface area contributed by atoms with Gasteiger partial charge in [-0.25, -0.2) is 17.6 Å². The van der Waals surface area contributed by atoms with Crippen LogP contribution in [0.2, 0.25) is 0 Å². The predicted octanol–water partition coefficient (Wildman–Crippen LogP) is 3.55. The maximum Gasteiger partial charge on any atom is 0.315 e. The fourth-order valence-corrected chi connectivity index (χ4v) is 9.27. The van der Waals surface area contributed by atoms with Gasteiger partial charge in [0.05, 0.1) is 28.6 Å². The number of likely N-dealkylation sites (tertiary alicyclic amines) is 1. The number of nitrogens with zero attached hydrogens (tertiary/aromatic N) is 1. The molecule has 4 N–H and O–H groups in total. The second-order valence-electron chi connectivity index (χ2n) is 17.8. The number of carbonyl (C=O) groups excluding carboxylic acids is 5. The van der Waals surface area contributed by atoms with Gasteiger partial charge in [-0.3, -0.25) is 19.2 Å². The normalized spacial score (nSPS) is 25.4. The number of carbonyl (C=O) groups is 5. The van der Waals surface area contributed by atoms with E-state index in [4.69, 9.17) is 0 Å². The van der Waals surface area contributed by atoms with E-state index in [0.717, 1.165) is 32.1 Å². The maximum atomic E-state index is 14.4. The first-order chi connectivity index (χ1) is 22.9. The Bertz CT molecular complexity index is 1490. The minimum Gasteiger partial charge on any atom is -0.344 e. The number of halogens is 1. The van der Waals surface area contributed by atoms with Gasteiger partial charge in [0.25, 0.3) is 5.91 Å². The van der Waals surface area contributed by atoms with Crippen LogP contribution >= 0.6 is 0 Å². The Kier molecular flexibility index (Phi) is 11.3. The van der Waals surface area contributed by atoms with E-state index in [1.165, 1.54) is 4.90 Å². The molecule has 1 heterocycles. The molecule has 0 radical (unpaired) electrons. The van der Waals surface area contributed by atoms with Gasteiger partial charge in [0.1, 0.15) is 17.9 Å². The predicted molar refractivity (Wildman–Crippen MR) is 188 cm³/mol. The summed E-state index contributed by atoms with van der Waals surface area (Å²) in [6, 6.07) is -3.80. The molecule has 5 amide bonds. The lowest BCUT2D eigenvalue weighted by Crippen LogP contribution is -2.64. The molecule has 282 valence electrons. The number of amides is 5. The first-order valence-corrected chi connectivity index (χ1v) is 19.6. The molecule has 14 heteroatoms. The average molecular weight is 724 g/mol. The highest BCUT2D eigenvalue weighted by Gasteiger charge is 2.70. The molecule has 0 aromatic rings. The third-order valence-corrected chi connectivity index (χ3v) is 14.1. The maximum absolute atomic E-state index is 14.4. The largest absolute Gasteiger partial charge is 0.344 e. The minimum absolute atomic E-state index is 0.0150. The number of ketones is 1. The summed E-state index contributed by atoms with van der Waals surface area (Å²) in [5.41, 5.74) is -2.02. The lowest BCUT2D eigenvalue weighted by Gasteiger charge is -2.41. The third-order valence-electron chi connectivity index (χ3n) is 11.3. The molecule has 1 aliphatic heterocycles. The topological polar surface area (TPSA) is 171 Å². The van der Waals surface area contributed by atoms with Gasteiger partial charge < -0.3 is 26.2 Å². The zero-order chi connectivity index (χ0) is 37.6. The van der Waals surface area contributed by atoms with Crippen molar-refractivity contribution in [2.45, 2.75) is 135 Å². The Hall–Kier alpha value is -3.03. The van der Waals surface area contributed by atoms with Crippen LogP contribution in [0.1, 0.15) is 107 Å². The fraction of sp³-hybridized carbons (Fsp3) is 0.806. The summed E-state index contributed by atoms with van der Waals surface area (Å²) in [4.78, 5) is 69.5. The zero-order valence-corrected chi connectivity index (χ0v) is 31.9. The summed E-state index contributed by atoms with van der Waals surface area (Å²) < 4.78 is 38.8. The number of sulfone groups is 1. The monoisotopic (exact) mass is 723 g/mol. The smallest absolute Gasteiger partial charge is 0.315 e. The number of hydrogen-bond donors (Lipinski definition) is 4. The molecular weight excluding hydrogens is 665 g/mol. The number of fused-ring (bicyclic) bond motifs is 1. The number of nitrogens with one attached hydrogen (secondary N) is 4. The molecule has 1 unspecified atom stereocenters. The molecule has 1 saturated heterocycles. The lowest BCUT2D eigenvalue weighted by atomic mass is 9.83. The van der Waals surface area contributed by atoms with Crippen molar-refractivity contribution in [2.75, 3.05) is 18.8 Å². The van der Waals surface area contributed by atoms with E-state index in [2.05, 4.69) is 27.8 Å². The SMILES string of the molecule is C=C(F)CNC(=O)C(=O)C(CC1CC1)NC(=O)[C@@H]1[C@@H]2[C@H](CN1C(=O)[C@@H](NC(=O)NC1(CS(=O)(=O)C(C)(C)C)CCCCC1)C(C)(C)C)C2(C)C. The highest BCUT2D eigenvalue weighted by Crippen LogP contribution is 2.65. The highest BCUT2D eigenvalue weighted by molar-refractivity contribution is 7.92. The van der Waals surface area contributed by atoms with Crippen molar-refractivity contribution in [1.29, 1.82) is 0 Å². The first-order valence-electron chi connectivity index (χ1n) is 18.0. The summed E-state index contributed by atoms with van der Waals surface area (Å²) >= 11 is 0. The van der Waals surface area contributed by atoms with Crippen LogP contribution < -0.4 is 21.3 Å². The van der Waals surface area contributed by atoms with Crippen molar-refractivity contribution < 1.29 is 36.8 Å². The van der Waals surface area contributed by atoms with Gasteiger partial charge >= 0.3 is 6.03 Å². The Morgan fingerprint density at radius 2 is 1.56 bits per heavy atom. The van der Waals surface area contributed by atoms with Crippen LogP contribution in [0.5, 0.6) is 0 Å². The summed E-state index contributed by atoms with van der Waals surface area (Å²) in [7, 11) is -3.58. The van der Waals surface area contributed by atoms with E-state index in [9.17, 15) is 36.8 Å². The first kappa shape index (κ1) is 39.8. The summed E-state index contributed by atoms with van der Waals surface area (Å²) in [5, 5.41) is 10.8. The lowest BCUT2D eigenvalue weighted by molar-refractivity contribution is -0.145. The Balaban J connectivity index is 1.55. The van der Waals surface area contributed by atoms with Crippen LogP contribution in [-0.4, -0.2) is 90.1 Å². The van der Waals surface area contributed by atoms with E-state index in [0.29, 0.717) is 12.8 Å². The van der Waals surface area contributed by atoms with Gasteiger partial charge in [0.2, 0.25) is 17.6 Å². The van der Waals surface area contributed by atoms with Gasteiger partial charge in [-0.15, -0.1) is 0 Å². The number of hydrogen-bond acceptors (Lipinski definition) is 7. The van der Waals surface area contributed by atoms with Crippen LogP contribution in [0.15, 0.2) is 12.4 Å². The molecule has 50 heavy (non-hydrogen) atoms. The van der Waals surface area contributed by atoms with Crippen LogP contribution in [0.4, 0.5) is 9.18 Å². The molecule has 12 nitrogen and oxygen atoms in total. The molecule has 0 aromatic heterocycles. The molecule has 0 spiro atoms. The summed E-state index contributed by atoms with van der Waals surface area (Å²) in [6.45, 7) is 17.3. The van der Waals surface area contributed by atoms with Crippen LogP contribution in [0.3, 0.4) is 0 Å². The van der Waals surface area contributed by atoms with Gasteiger partial charge in [-0.2, -0.15) is 0 Å². The van der Waals surface area contributed by atoms with Crippen molar-refractivity contribution >= 4 is 39.4 Å². The minimum atomic E-state index is -3.58. The quantitative estimate of drug-likeness (QED) is 0.211. The van der Waals surface area contributed by atoms with Gasteiger partial charge in [-0.1, -0.05) is 73.3 Å². The van der Waals surface area contributed by atoms with E-state index in [-0.39, 0.29) is 41.9 Å². The molecule has 0 aromatic carbocycles. The number of rotatable bonds is 13. The van der Waals surface area contributed by atoms with Crippen LogP contribution in [0, 0.1) is 28.6 Å². The van der Waals surface area contributed by atoms with E-state index in [1.54, 1.807) is 41.5 Å². The number of Topliss-reactive ketones (excluding diaryl/α,β-unsaturated/α-hetero) is 1. The Morgan fingerprint density at radius 1 is 0.960 bits per heavy atom. The van der Waals surface area contributed by atoms with Gasteiger partial charge in [0, 0.05) is 6.54 Å². The average Bonchev–Trinajstić information content (AvgIpc) is 3.84. The number of piperidine rings is 1.